The lowest BCUT2D eigenvalue weighted by atomic mass is 10.3. The average molecular weight is 429 g/mol. The van der Waals surface area contributed by atoms with Gasteiger partial charge in [0.1, 0.15) is 5.75 Å². The molecule has 1 saturated heterocycles. The summed E-state index contributed by atoms with van der Waals surface area (Å²) in [7, 11) is -3.47. The number of hydrogen-bond donors (Lipinski definition) is 1. The number of rotatable bonds is 6. The molecule has 2 aromatic rings. The van der Waals surface area contributed by atoms with Crippen molar-refractivity contribution < 1.29 is 17.9 Å². The number of carbonyl (C=O) groups excluding carboxylic acids is 1. The number of nitrogens with one attached hydrogen (secondary N) is 1. The number of carbonyl (C=O) groups is 1. The van der Waals surface area contributed by atoms with Crippen molar-refractivity contribution in [2.45, 2.75) is 17.7 Å². The summed E-state index contributed by atoms with van der Waals surface area (Å²) in [6, 6.07) is 10.9. The zero-order valence-corrected chi connectivity index (χ0v) is 16.6. The van der Waals surface area contributed by atoms with Crippen LogP contribution in [0, 0.1) is 0 Å². The lowest BCUT2D eigenvalue weighted by Crippen LogP contribution is -2.27. The normalized spacial score (nSPS) is 14.9. The predicted molar refractivity (Wildman–Crippen MR) is 105 cm³/mol. The summed E-state index contributed by atoms with van der Waals surface area (Å²) >= 11 is 12.0. The monoisotopic (exact) mass is 428 g/mol. The smallest absolute Gasteiger partial charge is 0.262 e. The van der Waals surface area contributed by atoms with Crippen LogP contribution in [0.25, 0.3) is 0 Å². The standard InChI is InChI=1S/C18H18Cl2N2O4S/c19-15-4-3-5-16(20)18(15)21-17(23)12-26-13-6-8-14(9-7-13)27(24,25)22-10-1-2-11-22/h3-9H,1-2,10-12H2,(H,21,23). The predicted octanol–water partition coefficient (Wildman–Crippen LogP) is 3.80. The van der Waals surface area contributed by atoms with Gasteiger partial charge in [-0.2, -0.15) is 4.31 Å². The molecule has 144 valence electrons. The molecule has 0 aliphatic carbocycles. The van der Waals surface area contributed by atoms with Gasteiger partial charge in [0.15, 0.2) is 6.61 Å². The Morgan fingerprint density at radius 3 is 2.22 bits per heavy atom. The fourth-order valence-corrected chi connectivity index (χ4v) is 4.74. The van der Waals surface area contributed by atoms with Crippen LogP contribution in [-0.4, -0.2) is 38.3 Å². The third-order valence-corrected chi connectivity index (χ3v) is 6.67. The van der Waals surface area contributed by atoms with E-state index in [0.29, 0.717) is 34.6 Å². The van der Waals surface area contributed by atoms with Crippen LogP contribution in [0.4, 0.5) is 5.69 Å². The number of para-hydroxylation sites is 1. The van der Waals surface area contributed by atoms with Crippen LogP contribution in [0.15, 0.2) is 47.4 Å². The van der Waals surface area contributed by atoms with Gasteiger partial charge in [-0.1, -0.05) is 29.3 Å². The molecule has 1 amide bonds. The highest BCUT2D eigenvalue weighted by molar-refractivity contribution is 7.89. The Kier molecular flexibility index (Phi) is 6.26. The molecule has 1 N–H and O–H groups in total. The Morgan fingerprint density at radius 2 is 1.63 bits per heavy atom. The van der Waals surface area contributed by atoms with Crippen LogP contribution in [0.1, 0.15) is 12.8 Å². The van der Waals surface area contributed by atoms with Crippen LogP contribution >= 0.6 is 23.2 Å². The van der Waals surface area contributed by atoms with Gasteiger partial charge in [-0.3, -0.25) is 4.79 Å². The van der Waals surface area contributed by atoms with Gasteiger partial charge >= 0.3 is 0 Å². The van der Waals surface area contributed by atoms with E-state index in [4.69, 9.17) is 27.9 Å². The number of sulfonamides is 1. The van der Waals surface area contributed by atoms with Gasteiger partial charge in [-0.25, -0.2) is 8.42 Å². The summed E-state index contributed by atoms with van der Waals surface area (Å²) in [5, 5.41) is 3.24. The zero-order chi connectivity index (χ0) is 19.4. The third-order valence-electron chi connectivity index (χ3n) is 4.12. The molecule has 27 heavy (non-hydrogen) atoms. The summed E-state index contributed by atoms with van der Waals surface area (Å²) in [4.78, 5) is 12.2. The van der Waals surface area contributed by atoms with E-state index in [1.165, 1.54) is 28.6 Å². The van der Waals surface area contributed by atoms with Gasteiger partial charge in [0, 0.05) is 13.1 Å². The maximum atomic E-state index is 12.5. The molecule has 0 radical (unpaired) electrons. The summed E-state index contributed by atoms with van der Waals surface area (Å²) in [6.07, 6.45) is 1.76. The molecule has 0 aromatic heterocycles. The van der Waals surface area contributed by atoms with Gasteiger partial charge in [0.25, 0.3) is 5.91 Å². The molecule has 0 spiro atoms. The van der Waals surface area contributed by atoms with Crippen molar-refractivity contribution in [3.63, 3.8) is 0 Å². The summed E-state index contributed by atoms with van der Waals surface area (Å²) in [6.45, 7) is 0.830. The average Bonchev–Trinajstić information content (AvgIpc) is 3.19. The number of benzene rings is 2. The van der Waals surface area contributed by atoms with Gasteiger partial charge in [-0.05, 0) is 49.2 Å². The van der Waals surface area contributed by atoms with Crippen molar-refractivity contribution in [2.75, 3.05) is 25.0 Å². The molecular weight excluding hydrogens is 411 g/mol. The first-order valence-electron chi connectivity index (χ1n) is 8.35. The largest absolute Gasteiger partial charge is 0.484 e. The molecule has 0 unspecified atom stereocenters. The topological polar surface area (TPSA) is 75.7 Å². The Morgan fingerprint density at radius 1 is 1.04 bits per heavy atom. The van der Waals surface area contributed by atoms with Crippen LogP contribution in [-0.2, 0) is 14.8 Å². The maximum absolute atomic E-state index is 12.5. The molecule has 1 aliphatic rings. The van der Waals surface area contributed by atoms with Crippen molar-refractivity contribution >= 4 is 44.8 Å². The van der Waals surface area contributed by atoms with Crippen molar-refractivity contribution in [1.29, 1.82) is 0 Å². The molecule has 1 fully saturated rings. The Bertz CT molecular complexity index is 907. The van der Waals surface area contributed by atoms with E-state index < -0.39 is 15.9 Å². The van der Waals surface area contributed by atoms with Crippen molar-refractivity contribution in [3.05, 3.63) is 52.5 Å². The lowest BCUT2D eigenvalue weighted by molar-refractivity contribution is -0.118. The Labute approximate surface area is 168 Å². The zero-order valence-electron chi connectivity index (χ0n) is 14.3. The number of ether oxygens (including phenoxy) is 1. The van der Waals surface area contributed by atoms with Gasteiger partial charge in [-0.15, -0.1) is 0 Å². The van der Waals surface area contributed by atoms with Crippen molar-refractivity contribution in [1.82, 2.24) is 4.31 Å². The maximum Gasteiger partial charge on any atom is 0.262 e. The van der Waals surface area contributed by atoms with Gasteiger partial charge < -0.3 is 10.1 Å². The lowest BCUT2D eigenvalue weighted by Gasteiger charge is -2.15. The number of amides is 1. The third kappa shape index (κ3) is 4.73. The quantitative estimate of drug-likeness (QED) is 0.758. The van der Waals surface area contributed by atoms with E-state index in [9.17, 15) is 13.2 Å². The minimum Gasteiger partial charge on any atom is -0.484 e. The van der Waals surface area contributed by atoms with E-state index in [-0.39, 0.29) is 11.5 Å². The molecule has 6 nitrogen and oxygen atoms in total. The fraction of sp³-hybridized carbons (Fsp3) is 0.278. The van der Waals surface area contributed by atoms with Crippen molar-refractivity contribution in [3.8, 4) is 5.75 Å². The molecule has 0 atom stereocenters. The molecule has 1 aliphatic heterocycles. The van der Waals surface area contributed by atoms with Gasteiger partial charge in [0.05, 0.1) is 20.6 Å². The molecule has 0 saturated carbocycles. The van der Waals surface area contributed by atoms with E-state index in [1.54, 1.807) is 18.2 Å². The molecule has 0 bridgehead atoms. The Hall–Kier alpha value is -1.80. The Balaban J connectivity index is 1.59. The summed E-state index contributed by atoms with van der Waals surface area (Å²) in [5.74, 6) is -0.0467. The number of nitrogens with zero attached hydrogens (tertiary/aromatic N) is 1. The molecule has 2 aromatic carbocycles. The number of halogens is 2. The number of anilines is 1. The fourth-order valence-electron chi connectivity index (χ4n) is 2.73. The highest BCUT2D eigenvalue weighted by Crippen LogP contribution is 2.29. The second-order valence-electron chi connectivity index (χ2n) is 6.02. The SMILES string of the molecule is O=C(COc1ccc(S(=O)(=O)N2CCCC2)cc1)Nc1c(Cl)cccc1Cl. The first-order valence-corrected chi connectivity index (χ1v) is 10.5. The van der Waals surface area contributed by atoms with E-state index in [1.807, 2.05) is 0 Å². The first-order chi connectivity index (χ1) is 12.9. The molecule has 3 rings (SSSR count). The molecule has 9 heteroatoms. The molecular formula is C18H18Cl2N2O4S. The second kappa shape index (κ2) is 8.48. The van der Waals surface area contributed by atoms with Crippen molar-refractivity contribution in [2.24, 2.45) is 0 Å². The van der Waals surface area contributed by atoms with Crippen LogP contribution in [0.3, 0.4) is 0 Å². The summed E-state index contributed by atoms with van der Waals surface area (Å²) in [5.41, 5.74) is 0.321. The minimum atomic E-state index is -3.47. The van der Waals surface area contributed by atoms with E-state index >= 15 is 0 Å². The van der Waals surface area contributed by atoms with Gasteiger partial charge in [0.2, 0.25) is 10.0 Å². The van der Waals surface area contributed by atoms with Crippen LogP contribution in [0.2, 0.25) is 10.0 Å². The highest BCUT2D eigenvalue weighted by Gasteiger charge is 2.26. The van der Waals surface area contributed by atoms with Crippen LogP contribution in [0.5, 0.6) is 5.75 Å². The highest BCUT2D eigenvalue weighted by atomic mass is 35.5. The summed E-state index contributed by atoms with van der Waals surface area (Å²) < 4.78 is 31.8. The molecule has 1 heterocycles. The van der Waals surface area contributed by atoms with E-state index in [0.717, 1.165) is 12.8 Å². The first kappa shape index (κ1) is 19.9. The van der Waals surface area contributed by atoms with E-state index in [2.05, 4.69) is 5.32 Å². The number of hydrogen-bond acceptors (Lipinski definition) is 4. The second-order valence-corrected chi connectivity index (χ2v) is 8.77. The minimum absolute atomic E-state index is 0.212. The van der Waals surface area contributed by atoms with Crippen LogP contribution < -0.4 is 10.1 Å².